The van der Waals surface area contributed by atoms with Gasteiger partial charge in [-0.3, -0.25) is 15.1 Å². The molecule has 1 aliphatic rings. The van der Waals surface area contributed by atoms with E-state index in [4.69, 9.17) is 4.74 Å². The number of pyridine rings is 1. The quantitative estimate of drug-likeness (QED) is 0.618. The van der Waals surface area contributed by atoms with Crippen molar-refractivity contribution in [1.29, 1.82) is 0 Å². The molecule has 6 heteroatoms. The molecule has 2 heterocycles. The Kier molecular flexibility index (Phi) is 3.75. The predicted octanol–water partition coefficient (Wildman–Crippen LogP) is 3.85. The number of hydrogen-bond acceptors (Lipinski definition) is 5. The van der Waals surface area contributed by atoms with Gasteiger partial charge in [-0.05, 0) is 46.8 Å². The number of benzene rings is 1. The zero-order valence-electron chi connectivity index (χ0n) is 14.8. The summed E-state index contributed by atoms with van der Waals surface area (Å²) in [5.41, 5.74) is 2.13. The van der Waals surface area contributed by atoms with Crippen molar-refractivity contribution in [2.45, 2.75) is 45.8 Å². The Bertz CT molecular complexity index is 799. The van der Waals surface area contributed by atoms with Crippen LogP contribution >= 0.6 is 0 Å². The van der Waals surface area contributed by atoms with Gasteiger partial charge in [0.2, 0.25) is 0 Å². The molecule has 0 bridgehead atoms. The second-order valence-electron chi connectivity index (χ2n) is 7.72. The molecule has 128 valence electrons. The zero-order valence-corrected chi connectivity index (χ0v) is 14.8. The molecular weight excluding hydrogens is 306 g/mol. The molecule has 0 saturated carbocycles. The van der Waals surface area contributed by atoms with Gasteiger partial charge in [-0.2, -0.15) is 0 Å². The van der Waals surface area contributed by atoms with Gasteiger partial charge in [0, 0.05) is 42.0 Å². The average Bonchev–Trinajstić information content (AvgIpc) is 2.42. The molecule has 0 unspecified atom stereocenters. The fourth-order valence-corrected chi connectivity index (χ4v) is 3.66. The smallest absolute Gasteiger partial charge is 0.270 e. The summed E-state index contributed by atoms with van der Waals surface area (Å²) >= 11 is 0. The average molecular weight is 329 g/mol. The van der Waals surface area contributed by atoms with Gasteiger partial charge in [-0.15, -0.1) is 0 Å². The molecule has 0 radical (unpaired) electrons. The van der Waals surface area contributed by atoms with E-state index in [2.05, 4.69) is 37.6 Å². The number of aromatic nitrogens is 1. The topological polar surface area (TPSA) is 68.5 Å². The normalized spacial score (nSPS) is 19.5. The second kappa shape index (κ2) is 5.41. The van der Waals surface area contributed by atoms with Crippen molar-refractivity contribution in [3.8, 4) is 0 Å². The molecule has 24 heavy (non-hydrogen) atoms. The van der Waals surface area contributed by atoms with Crippen LogP contribution in [0, 0.1) is 17.0 Å². The van der Waals surface area contributed by atoms with Crippen molar-refractivity contribution in [3.05, 3.63) is 40.1 Å². The Labute approximate surface area is 141 Å². The maximum absolute atomic E-state index is 11.2. The van der Waals surface area contributed by atoms with Crippen LogP contribution in [0.4, 0.5) is 11.4 Å². The van der Waals surface area contributed by atoms with Gasteiger partial charge in [0.25, 0.3) is 5.69 Å². The summed E-state index contributed by atoms with van der Waals surface area (Å²) in [6.07, 6.45) is 0. The lowest BCUT2D eigenvalue weighted by Crippen LogP contribution is -2.57. The van der Waals surface area contributed by atoms with Crippen molar-refractivity contribution < 1.29 is 9.66 Å². The number of ether oxygens (including phenoxy) is 1. The first-order valence-corrected chi connectivity index (χ1v) is 8.07. The van der Waals surface area contributed by atoms with Crippen LogP contribution in [0.3, 0.4) is 0 Å². The number of fused-ring (bicyclic) bond motifs is 1. The molecule has 0 atom stereocenters. The monoisotopic (exact) mass is 329 g/mol. The molecule has 1 saturated heterocycles. The zero-order chi connectivity index (χ0) is 17.7. The van der Waals surface area contributed by atoms with Crippen LogP contribution in [-0.2, 0) is 4.74 Å². The van der Waals surface area contributed by atoms with Crippen molar-refractivity contribution in [3.63, 3.8) is 0 Å². The van der Waals surface area contributed by atoms with Gasteiger partial charge in [0.15, 0.2) is 0 Å². The molecule has 1 aliphatic heterocycles. The van der Waals surface area contributed by atoms with Crippen LogP contribution in [0.1, 0.15) is 33.4 Å². The minimum atomic E-state index is -0.365. The molecule has 0 amide bonds. The molecule has 1 fully saturated rings. The van der Waals surface area contributed by atoms with Gasteiger partial charge < -0.3 is 9.64 Å². The number of aryl methyl sites for hydroxylation is 1. The largest absolute Gasteiger partial charge is 0.366 e. The Morgan fingerprint density at radius 3 is 2.38 bits per heavy atom. The Morgan fingerprint density at radius 1 is 1.17 bits per heavy atom. The third-order valence-corrected chi connectivity index (χ3v) is 4.15. The number of nitro benzene ring substituents is 1. The van der Waals surface area contributed by atoms with Crippen LogP contribution in [0.2, 0.25) is 0 Å². The summed E-state index contributed by atoms with van der Waals surface area (Å²) in [6.45, 7) is 11.7. The molecule has 6 nitrogen and oxygen atoms in total. The number of rotatable bonds is 2. The van der Waals surface area contributed by atoms with Crippen molar-refractivity contribution >= 4 is 22.3 Å². The van der Waals surface area contributed by atoms with Gasteiger partial charge >= 0.3 is 0 Å². The van der Waals surface area contributed by atoms with E-state index in [9.17, 15) is 10.1 Å². The van der Waals surface area contributed by atoms with E-state index < -0.39 is 0 Å². The van der Waals surface area contributed by atoms with Crippen molar-refractivity contribution in [2.75, 3.05) is 18.0 Å². The summed E-state index contributed by atoms with van der Waals surface area (Å²) in [5, 5.41) is 12.0. The number of morpholine rings is 1. The van der Waals surface area contributed by atoms with Gasteiger partial charge in [-0.25, -0.2) is 0 Å². The van der Waals surface area contributed by atoms with Gasteiger partial charge in [-0.1, -0.05) is 0 Å². The first-order valence-electron chi connectivity index (χ1n) is 8.07. The van der Waals surface area contributed by atoms with Crippen LogP contribution < -0.4 is 4.90 Å². The SMILES string of the molecule is Cc1cc(N2CC(C)(C)OC(C)(C)C2)c2cc([N+](=O)[O-])ccc2n1. The highest BCUT2D eigenvalue weighted by Crippen LogP contribution is 2.36. The first kappa shape index (κ1) is 16.6. The minimum absolute atomic E-state index is 0.0844. The van der Waals surface area contributed by atoms with Crippen molar-refractivity contribution in [1.82, 2.24) is 4.98 Å². The number of hydrogen-bond donors (Lipinski definition) is 0. The highest BCUT2D eigenvalue weighted by molar-refractivity contribution is 5.93. The molecule has 1 aromatic carbocycles. The van der Waals surface area contributed by atoms with Gasteiger partial charge in [0.1, 0.15) is 0 Å². The Morgan fingerprint density at radius 2 is 1.79 bits per heavy atom. The second-order valence-corrected chi connectivity index (χ2v) is 7.72. The summed E-state index contributed by atoms with van der Waals surface area (Å²) in [4.78, 5) is 17.6. The molecule has 0 aliphatic carbocycles. The van der Waals surface area contributed by atoms with Gasteiger partial charge in [0.05, 0.1) is 21.6 Å². The van der Waals surface area contributed by atoms with Crippen molar-refractivity contribution in [2.24, 2.45) is 0 Å². The lowest BCUT2D eigenvalue weighted by Gasteiger charge is -2.48. The summed E-state index contributed by atoms with van der Waals surface area (Å²) in [7, 11) is 0. The van der Waals surface area contributed by atoms with Crippen LogP contribution in [0.25, 0.3) is 10.9 Å². The molecule has 1 aromatic heterocycles. The predicted molar refractivity (Wildman–Crippen MR) is 94.6 cm³/mol. The highest BCUT2D eigenvalue weighted by atomic mass is 16.6. The Balaban J connectivity index is 2.17. The molecule has 0 N–H and O–H groups in total. The van der Waals surface area contributed by atoms with Crippen LogP contribution in [0.5, 0.6) is 0 Å². The van der Waals surface area contributed by atoms with E-state index in [0.29, 0.717) is 0 Å². The number of anilines is 1. The number of non-ortho nitro benzene ring substituents is 1. The molecular formula is C18H23N3O3. The van der Waals surface area contributed by atoms with E-state index in [1.807, 2.05) is 13.0 Å². The third kappa shape index (κ3) is 3.19. The van der Waals surface area contributed by atoms with E-state index in [-0.39, 0.29) is 21.8 Å². The van der Waals surface area contributed by atoms with Crippen LogP contribution in [-0.4, -0.2) is 34.2 Å². The minimum Gasteiger partial charge on any atom is -0.366 e. The number of nitro groups is 1. The lowest BCUT2D eigenvalue weighted by molar-refractivity contribution is -0.384. The highest BCUT2D eigenvalue weighted by Gasteiger charge is 2.38. The fourth-order valence-electron chi connectivity index (χ4n) is 3.66. The summed E-state index contributed by atoms with van der Waals surface area (Å²) < 4.78 is 6.15. The van der Waals surface area contributed by atoms with E-state index in [1.165, 1.54) is 6.07 Å². The summed E-state index contributed by atoms with van der Waals surface area (Å²) in [5.74, 6) is 0. The third-order valence-electron chi connectivity index (χ3n) is 4.15. The molecule has 0 spiro atoms. The van der Waals surface area contributed by atoms with E-state index in [0.717, 1.165) is 35.4 Å². The maximum atomic E-state index is 11.2. The first-order chi connectivity index (χ1) is 11.1. The lowest BCUT2D eigenvalue weighted by atomic mass is 9.97. The molecule has 3 rings (SSSR count). The molecule has 2 aromatic rings. The van der Waals surface area contributed by atoms with E-state index >= 15 is 0 Å². The number of nitrogens with zero attached hydrogens (tertiary/aromatic N) is 3. The summed E-state index contributed by atoms with van der Waals surface area (Å²) in [6, 6.07) is 6.85. The van der Waals surface area contributed by atoms with Crippen LogP contribution in [0.15, 0.2) is 24.3 Å². The standard InChI is InChI=1S/C18H23N3O3/c1-12-8-16(20-10-17(2,3)24-18(4,5)11-20)14-9-13(21(22)23)6-7-15(14)19-12/h6-9H,10-11H2,1-5H3. The van der Waals surface area contributed by atoms with E-state index in [1.54, 1.807) is 12.1 Å². The fraction of sp³-hybridized carbons (Fsp3) is 0.500. The maximum Gasteiger partial charge on any atom is 0.270 e. The Hall–Kier alpha value is -2.21.